The maximum Gasteiger partial charge on any atom is 0.240 e. The molecule has 0 aliphatic rings. The SMILES string of the molecule is COc1ccc(S(=O)(=O)NCCOc2ccccc2C(C)(C)C)cc1F. The summed E-state index contributed by atoms with van der Waals surface area (Å²) in [6.07, 6.45) is 0. The molecular formula is C19H24FNO4S. The fourth-order valence-corrected chi connectivity index (χ4v) is 3.47. The van der Waals surface area contributed by atoms with Gasteiger partial charge in [0.25, 0.3) is 0 Å². The molecule has 0 amide bonds. The van der Waals surface area contributed by atoms with Crippen molar-refractivity contribution >= 4 is 10.0 Å². The van der Waals surface area contributed by atoms with Crippen LogP contribution in [-0.2, 0) is 15.4 Å². The predicted octanol–water partition coefficient (Wildman–Crippen LogP) is 3.49. The van der Waals surface area contributed by atoms with Crippen LogP contribution in [0.1, 0.15) is 26.3 Å². The summed E-state index contributed by atoms with van der Waals surface area (Å²) in [6.45, 7) is 6.46. The summed E-state index contributed by atoms with van der Waals surface area (Å²) in [4.78, 5) is -0.161. The van der Waals surface area contributed by atoms with Crippen LogP contribution in [0.25, 0.3) is 0 Å². The standard InChI is InChI=1S/C19H24FNO4S/c1-19(2,3)15-7-5-6-8-17(15)25-12-11-21-26(22,23)14-9-10-18(24-4)16(20)13-14/h5-10,13,21H,11-12H2,1-4H3. The number of hydrogen-bond acceptors (Lipinski definition) is 4. The van der Waals surface area contributed by atoms with E-state index in [1.807, 2.05) is 24.3 Å². The summed E-state index contributed by atoms with van der Waals surface area (Å²) >= 11 is 0. The van der Waals surface area contributed by atoms with Crippen molar-refractivity contribution in [1.82, 2.24) is 4.72 Å². The van der Waals surface area contributed by atoms with Gasteiger partial charge < -0.3 is 9.47 Å². The topological polar surface area (TPSA) is 64.6 Å². The van der Waals surface area contributed by atoms with E-state index < -0.39 is 15.8 Å². The monoisotopic (exact) mass is 381 g/mol. The molecule has 2 aromatic carbocycles. The van der Waals surface area contributed by atoms with E-state index in [1.54, 1.807) is 0 Å². The second-order valence-electron chi connectivity index (χ2n) is 6.79. The number of rotatable bonds is 7. The van der Waals surface area contributed by atoms with Gasteiger partial charge in [-0.15, -0.1) is 0 Å². The van der Waals surface area contributed by atoms with Crippen molar-refractivity contribution in [2.24, 2.45) is 0 Å². The molecule has 0 aliphatic heterocycles. The van der Waals surface area contributed by atoms with Crippen LogP contribution >= 0.6 is 0 Å². The number of halogens is 1. The molecule has 5 nitrogen and oxygen atoms in total. The average Bonchev–Trinajstić information content (AvgIpc) is 2.58. The normalized spacial score (nSPS) is 12.0. The molecule has 1 N–H and O–H groups in total. The Balaban J connectivity index is 1.99. The van der Waals surface area contributed by atoms with Gasteiger partial charge in [-0.2, -0.15) is 0 Å². The molecule has 0 saturated carbocycles. The number of nitrogens with one attached hydrogen (secondary N) is 1. The Labute approximate surface area is 154 Å². The van der Waals surface area contributed by atoms with Crippen LogP contribution in [0, 0.1) is 5.82 Å². The zero-order valence-electron chi connectivity index (χ0n) is 15.4. The smallest absolute Gasteiger partial charge is 0.240 e. The Morgan fingerprint density at radius 3 is 2.38 bits per heavy atom. The van der Waals surface area contributed by atoms with Gasteiger partial charge in [-0.3, -0.25) is 0 Å². The van der Waals surface area contributed by atoms with Crippen LogP contribution in [0.3, 0.4) is 0 Å². The molecule has 142 valence electrons. The zero-order chi connectivity index (χ0) is 19.4. The van der Waals surface area contributed by atoms with Gasteiger partial charge in [0.1, 0.15) is 12.4 Å². The highest BCUT2D eigenvalue weighted by atomic mass is 32.2. The number of para-hydroxylation sites is 1. The van der Waals surface area contributed by atoms with Crippen LogP contribution in [-0.4, -0.2) is 28.7 Å². The zero-order valence-corrected chi connectivity index (χ0v) is 16.2. The summed E-state index contributed by atoms with van der Waals surface area (Å²) in [7, 11) is -2.51. The molecule has 0 spiro atoms. The van der Waals surface area contributed by atoms with Crippen molar-refractivity contribution in [2.45, 2.75) is 31.1 Å². The summed E-state index contributed by atoms with van der Waals surface area (Å²) in [5.41, 5.74) is 0.955. The van der Waals surface area contributed by atoms with E-state index in [9.17, 15) is 12.8 Å². The molecule has 7 heteroatoms. The molecular weight excluding hydrogens is 357 g/mol. The maximum atomic E-state index is 13.7. The molecule has 2 rings (SSSR count). The molecule has 0 radical (unpaired) electrons. The Hall–Kier alpha value is -2.12. The van der Waals surface area contributed by atoms with Gasteiger partial charge in [0.15, 0.2) is 11.6 Å². The minimum absolute atomic E-state index is 0.00827. The van der Waals surface area contributed by atoms with Gasteiger partial charge in [0.2, 0.25) is 10.0 Å². The lowest BCUT2D eigenvalue weighted by molar-refractivity contribution is 0.314. The molecule has 0 aromatic heterocycles. The lowest BCUT2D eigenvalue weighted by Gasteiger charge is -2.22. The number of sulfonamides is 1. The summed E-state index contributed by atoms with van der Waals surface area (Å²) < 4.78 is 51.1. The van der Waals surface area contributed by atoms with Crippen molar-refractivity contribution < 1.29 is 22.3 Å². The molecule has 0 bridgehead atoms. The van der Waals surface area contributed by atoms with Gasteiger partial charge in [-0.05, 0) is 35.2 Å². The molecule has 0 aliphatic carbocycles. The second-order valence-corrected chi connectivity index (χ2v) is 8.56. The molecule has 0 fully saturated rings. The first-order chi connectivity index (χ1) is 12.1. The molecule has 0 heterocycles. The quantitative estimate of drug-likeness (QED) is 0.746. The molecule has 0 saturated heterocycles. The van der Waals surface area contributed by atoms with Crippen LogP contribution < -0.4 is 14.2 Å². The van der Waals surface area contributed by atoms with Crippen molar-refractivity contribution in [3.05, 3.63) is 53.8 Å². The minimum atomic E-state index is -3.83. The minimum Gasteiger partial charge on any atom is -0.494 e. The van der Waals surface area contributed by atoms with E-state index in [4.69, 9.17) is 9.47 Å². The van der Waals surface area contributed by atoms with Crippen molar-refractivity contribution in [2.75, 3.05) is 20.3 Å². The highest BCUT2D eigenvalue weighted by Crippen LogP contribution is 2.30. The summed E-state index contributed by atoms with van der Waals surface area (Å²) in [5, 5.41) is 0. The Morgan fingerprint density at radius 1 is 1.08 bits per heavy atom. The van der Waals surface area contributed by atoms with Gasteiger partial charge in [0.05, 0.1) is 12.0 Å². The van der Waals surface area contributed by atoms with Crippen LogP contribution in [0.2, 0.25) is 0 Å². The lowest BCUT2D eigenvalue weighted by Crippen LogP contribution is -2.28. The molecule has 26 heavy (non-hydrogen) atoms. The van der Waals surface area contributed by atoms with Crippen molar-refractivity contribution in [1.29, 1.82) is 0 Å². The Morgan fingerprint density at radius 2 is 1.77 bits per heavy atom. The second kappa shape index (κ2) is 8.05. The number of benzene rings is 2. The van der Waals surface area contributed by atoms with E-state index in [0.717, 1.165) is 17.4 Å². The summed E-state index contributed by atoms with van der Waals surface area (Å²) in [5.74, 6) is -0.0218. The van der Waals surface area contributed by atoms with Crippen LogP contribution in [0.4, 0.5) is 4.39 Å². The maximum absolute atomic E-state index is 13.7. The molecule has 2 aromatic rings. The Bertz CT molecular complexity index is 860. The predicted molar refractivity (Wildman–Crippen MR) is 98.8 cm³/mol. The van der Waals surface area contributed by atoms with Crippen LogP contribution in [0.15, 0.2) is 47.4 Å². The largest absolute Gasteiger partial charge is 0.494 e. The number of ether oxygens (including phenoxy) is 2. The highest BCUT2D eigenvalue weighted by Gasteiger charge is 2.19. The molecule has 0 atom stereocenters. The van der Waals surface area contributed by atoms with E-state index in [0.29, 0.717) is 0 Å². The first-order valence-electron chi connectivity index (χ1n) is 8.20. The Kier molecular flexibility index (Phi) is 6.26. The first-order valence-corrected chi connectivity index (χ1v) is 9.69. The van der Waals surface area contributed by atoms with Gasteiger partial charge >= 0.3 is 0 Å². The average molecular weight is 381 g/mol. The van der Waals surface area contributed by atoms with Gasteiger partial charge in [0, 0.05) is 6.54 Å². The third-order valence-electron chi connectivity index (χ3n) is 3.78. The summed E-state index contributed by atoms with van der Waals surface area (Å²) in [6, 6.07) is 11.1. The van der Waals surface area contributed by atoms with Crippen molar-refractivity contribution in [3.8, 4) is 11.5 Å². The molecule has 0 unspecified atom stereocenters. The van der Waals surface area contributed by atoms with E-state index in [1.165, 1.54) is 19.2 Å². The fourth-order valence-electron chi connectivity index (χ4n) is 2.45. The fraction of sp³-hybridized carbons (Fsp3) is 0.368. The third-order valence-corrected chi connectivity index (χ3v) is 5.24. The number of methoxy groups -OCH3 is 1. The van der Waals surface area contributed by atoms with E-state index in [2.05, 4.69) is 25.5 Å². The van der Waals surface area contributed by atoms with Gasteiger partial charge in [-0.1, -0.05) is 39.0 Å². The third kappa shape index (κ3) is 4.95. The van der Waals surface area contributed by atoms with Crippen molar-refractivity contribution in [3.63, 3.8) is 0 Å². The van der Waals surface area contributed by atoms with E-state index in [-0.39, 0.29) is 29.2 Å². The van der Waals surface area contributed by atoms with Gasteiger partial charge in [-0.25, -0.2) is 17.5 Å². The lowest BCUT2D eigenvalue weighted by atomic mass is 9.86. The highest BCUT2D eigenvalue weighted by molar-refractivity contribution is 7.89. The van der Waals surface area contributed by atoms with Crippen LogP contribution in [0.5, 0.6) is 11.5 Å². The number of hydrogen-bond donors (Lipinski definition) is 1. The first kappa shape index (κ1) is 20.2. The van der Waals surface area contributed by atoms with E-state index >= 15 is 0 Å².